The molecule has 3 nitrogen and oxygen atoms in total. The van der Waals surface area contributed by atoms with Gasteiger partial charge in [-0.2, -0.15) is 0 Å². The summed E-state index contributed by atoms with van der Waals surface area (Å²) >= 11 is 7.51. The Morgan fingerprint density at radius 1 is 1.38 bits per heavy atom. The number of aryl methyl sites for hydroxylation is 1. The van der Waals surface area contributed by atoms with E-state index in [1.807, 2.05) is 31.0 Å². The molecule has 0 radical (unpaired) electrons. The molecule has 2 aromatic heterocycles. The fraction of sp³-hybridized carbons (Fsp3) is 0.273. The quantitative estimate of drug-likeness (QED) is 0.787. The van der Waals surface area contributed by atoms with Crippen LogP contribution in [-0.2, 0) is 6.54 Å². The van der Waals surface area contributed by atoms with E-state index in [4.69, 9.17) is 11.6 Å². The summed E-state index contributed by atoms with van der Waals surface area (Å²) in [5, 5.41) is 3.66. The lowest BCUT2D eigenvalue weighted by atomic mass is 10.4. The van der Waals surface area contributed by atoms with Crippen LogP contribution in [0.3, 0.4) is 0 Å². The number of hydrogen-bond donors (Lipinski definition) is 0. The van der Waals surface area contributed by atoms with Crippen molar-refractivity contribution < 1.29 is 0 Å². The molecular formula is C11H12ClN3S. The maximum absolute atomic E-state index is 5.84. The Bertz CT molecular complexity index is 484. The van der Waals surface area contributed by atoms with Gasteiger partial charge in [0.15, 0.2) is 0 Å². The van der Waals surface area contributed by atoms with Gasteiger partial charge in [0.2, 0.25) is 0 Å². The van der Waals surface area contributed by atoms with Crippen LogP contribution >= 0.6 is 22.9 Å². The molecule has 0 saturated carbocycles. The molecule has 84 valence electrons. The Balaban J connectivity index is 2.11. The second-order valence-electron chi connectivity index (χ2n) is 3.53. The van der Waals surface area contributed by atoms with Crippen LogP contribution in [0, 0.1) is 6.92 Å². The van der Waals surface area contributed by atoms with Crippen molar-refractivity contribution in [3.8, 4) is 0 Å². The summed E-state index contributed by atoms with van der Waals surface area (Å²) in [7, 11) is 1.98. The highest BCUT2D eigenvalue weighted by molar-refractivity contribution is 7.09. The first kappa shape index (κ1) is 11.4. The van der Waals surface area contributed by atoms with Crippen molar-refractivity contribution in [2.45, 2.75) is 13.5 Å². The van der Waals surface area contributed by atoms with Crippen molar-refractivity contribution in [3.05, 3.63) is 39.4 Å². The molecule has 0 spiro atoms. The summed E-state index contributed by atoms with van der Waals surface area (Å²) in [5.41, 5.74) is 1.06. The van der Waals surface area contributed by atoms with Gasteiger partial charge in [-0.05, 0) is 19.1 Å². The summed E-state index contributed by atoms with van der Waals surface area (Å²) in [5.74, 6) is 0.859. The molecule has 0 unspecified atom stereocenters. The molecule has 2 aromatic rings. The van der Waals surface area contributed by atoms with Crippen LogP contribution in [0.15, 0.2) is 23.6 Å². The van der Waals surface area contributed by atoms with Gasteiger partial charge in [-0.15, -0.1) is 11.3 Å². The zero-order chi connectivity index (χ0) is 11.5. The van der Waals surface area contributed by atoms with Gasteiger partial charge in [0, 0.05) is 12.4 Å². The zero-order valence-electron chi connectivity index (χ0n) is 9.14. The number of anilines is 1. The van der Waals surface area contributed by atoms with Gasteiger partial charge in [0.1, 0.15) is 11.0 Å². The molecule has 0 aliphatic heterocycles. The summed E-state index contributed by atoms with van der Waals surface area (Å²) in [6, 6.07) is 5.60. The van der Waals surface area contributed by atoms with Crippen LogP contribution < -0.4 is 4.90 Å². The van der Waals surface area contributed by atoms with E-state index in [1.54, 1.807) is 17.4 Å². The van der Waals surface area contributed by atoms with E-state index in [0.29, 0.717) is 5.15 Å². The first-order chi connectivity index (χ1) is 7.65. The van der Waals surface area contributed by atoms with Crippen LogP contribution in [-0.4, -0.2) is 17.0 Å². The highest BCUT2D eigenvalue weighted by Gasteiger charge is 2.06. The molecular weight excluding hydrogens is 242 g/mol. The third-order valence-corrected chi connectivity index (χ3v) is 3.19. The molecule has 0 aliphatic carbocycles. The first-order valence-electron chi connectivity index (χ1n) is 4.90. The molecule has 0 fully saturated rings. The zero-order valence-corrected chi connectivity index (χ0v) is 10.7. The van der Waals surface area contributed by atoms with Crippen molar-refractivity contribution in [3.63, 3.8) is 0 Å². The molecule has 0 aromatic carbocycles. The van der Waals surface area contributed by atoms with Gasteiger partial charge < -0.3 is 4.90 Å². The number of halogens is 1. The summed E-state index contributed by atoms with van der Waals surface area (Å²) in [4.78, 5) is 10.7. The van der Waals surface area contributed by atoms with E-state index in [0.717, 1.165) is 23.1 Å². The molecule has 2 rings (SSSR count). The number of aromatic nitrogens is 2. The number of hydrogen-bond acceptors (Lipinski definition) is 4. The fourth-order valence-electron chi connectivity index (χ4n) is 1.41. The average Bonchev–Trinajstić information content (AvgIpc) is 2.64. The second kappa shape index (κ2) is 4.80. The predicted molar refractivity (Wildman–Crippen MR) is 68.2 cm³/mol. The maximum atomic E-state index is 5.84. The van der Waals surface area contributed by atoms with E-state index in [2.05, 4.69) is 15.3 Å². The third-order valence-electron chi connectivity index (χ3n) is 2.16. The predicted octanol–water partition coefficient (Wildman–Crippen LogP) is 3.14. The monoisotopic (exact) mass is 253 g/mol. The van der Waals surface area contributed by atoms with Crippen LogP contribution in [0.1, 0.15) is 10.7 Å². The minimum absolute atomic E-state index is 0.513. The highest BCUT2D eigenvalue weighted by atomic mass is 35.5. The molecule has 0 N–H and O–H groups in total. The lowest BCUT2D eigenvalue weighted by Crippen LogP contribution is -2.17. The van der Waals surface area contributed by atoms with E-state index in [9.17, 15) is 0 Å². The molecule has 16 heavy (non-hydrogen) atoms. The largest absolute Gasteiger partial charge is 0.354 e. The van der Waals surface area contributed by atoms with Crippen LogP contribution in [0.25, 0.3) is 0 Å². The molecule has 0 bridgehead atoms. The summed E-state index contributed by atoms with van der Waals surface area (Å²) in [6.07, 6.45) is 0. The first-order valence-corrected chi connectivity index (χ1v) is 6.15. The molecule has 2 heterocycles. The number of rotatable bonds is 3. The van der Waals surface area contributed by atoms with Crippen LogP contribution in [0.2, 0.25) is 5.15 Å². The van der Waals surface area contributed by atoms with Gasteiger partial charge in [-0.25, -0.2) is 9.97 Å². The number of nitrogens with zero attached hydrogens (tertiary/aromatic N) is 3. The van der Waals surface area contributed by atoms with Crippen LogP contribution in [0.4, 0.5) is 5.82 Å². The fourth-order valence-corrected chi connectivity index (χ4v) is 2.18. The number of thiazole rings is 1. The minimum Gasteiger partial charge on any atom is -0.354 e. The van der Waals surface area contributed by atoms with Gasteiger partial charge >= 0.3 is 0 Å². The van der Waals surface area contributed by atoms with Crippen molar-refractivity contribution in [1.82, 2.24) is 9.97 Å². The smallest absolute Gasteiger partial charge is 0.131 e. The Morgan fingerprint density at radius 2 is 2.19 bits per heavy atom. The van der Waals surface area contributed by atoms with Crippen molar-refractivity contribution in [2.75, 3.05) is 11.9 Å². The molecule has 0 atom stereocenters. The Labute approximate surface area is 104 Å². The van der Waals surface area contributed by atoms with Crippen molar-refractivity contribution >= 4 is 28.8 Å². The van der Waals surface area contributed by atoms with Gasteiger partial charge in [-0.1, -0.05) is 17.7 Å². The van der Waals surface area contributed by atoms with E-state index in [-0.39, 0.29) is 0 Å². The third kappa shape index (κ3) is 2.71. The highest BCUT2D eigenvalue weighted by Crippen LogP contribution is 2.16. The molecule has 0 amide bonds. The normalized spacial score (nSPS) is 10.4. The van der Waals surface area contributed by atoms with Gasteiger partial charge in [0.25, 0.3) is 0 Å². The Hall–Kier alpha value is -1.13. The average molecular weight is 254 g/mol. The number of pyridine rings is 1. The SMILES string of the molecule is Cc1nc(CN(C)c2cccc(Cl)n2)cs1. The molecule has 0 aliphatic rings. The summed E-state index contributed by atoms with van der Waals surface area (Å²) < 4.78 is 0. The Morgan fingerprint density at radius 3 is 2.81 bits per heavy atom. The van der Waals surface area contributed by atoms with E-state index in [1.165, 1.54) is 0 Å². The maximum Gasteiger partial charge on any atom is 0.131 e. The second-order valence-corrected chi connectivity index (χ2v) is 4.98. The van der Waals surface area contributed by atoms with Gasteiger partial charge in [0.05, 0.1) is 17.2 Å². The Kier molecular flexibility index (Phi) is 3.41. The van der Waals surface area contributed by atoms with Crippen molar-refractivity contribution in [1.29, 1.82) is 0 Å². The van der Waals surface area contributed by atoms with Crippen molar-refractivity contribution in [2.24, 2.45) is 0 Å². The lowest BCUT2D eigenvalue weighted by molar-refractivity contribution is 0.870. The van der Waals surface area contributed by atoms with E-state index >= 15 is 0 Å². The minimum atomic E-state index is 0.513. The standard InChI is InChI=1S/C11H12ClN3S/c1-8-13-9(7-16-8)6-15(2)11-5-3-4-10(12)14-11/h3-5,7H,6H2,1-2H3. The topological polar surface area (TPSA) is 29.0 Å². The lowest BCUT2D eigenvalue weighted by Gasteiger charge is -2.16. The van der Waals surface area contributed by atoms with Crippen LogP contribution in [0.5, 0.6) is 0 Å². The van der Waals surface area contributed by atoms with Gasteiger partial charge in [-0.3, -0.25) is 0 Å². The summed E-state index contributed by atoms with van der Waals surface area (Å²) in [6.45, 7) is 2.75. The molecule has 5 heteroatoms. The molecule has 0 saturated heterocycles. The van der Waals surface area contributed by atoms with E-state index < -0.39 is 0 Å².